The molecule has 4 rings (SSSR count). The Hall–Kier alpha value is -2.40. The number of aryl methyl sites for hydroxylation is 1. The van der Waals surface area contributed by atoms with Crippen molar-refractivity contribution < 1.29 is 0 Å². The van der Waals surface area contributed by atoms with Crippen molar-refractivity contribution in [1.29, 1.82) is 0 Å². The van der Waals surface area contributed by atoms with E-state index < -0.39 is 0 Å². The predicted octanol–water partition coefficient (Wildman–Crippen LogP) is 4.09. The normalized spacial score (nSPS) is 11.3. The Balaban J connectivity index is 1.71. The van der Waals surface area contributed by atoms with Crippen LogP contribution in [0.15, 0.2) is 42.5 Å². The molecule has 4 aromatic rings. The zero-order chi connectivity index (χ0) is 14.2. The first-order valence-corrected chi connectivity index (χ1v) is 7.65. The molecule has 0 aliphatic heterocycles. The van der Waals surface area contributed by atoms with E-state index >= 15 is 0 Å². The number of H-pyrrole nitrogens is 1. The molecule has 104 valence electrons. The second-order valence-electron chi connectivity index (χ2n) is 5.02. The Morgan fingerprint density at radius 3 is 2.86 bits per heavy atom. The van der Waals surface area contributed by atoms with Crippen LogP contribution in [0.4, 0.5) is 5.82 Å². The van der Waals surface area contributed by atoms with Gasteiger partial charge in [0.15, 0.2) is 5.82 Å². The fourth-order valence-corrected chi connectivity index (χ4v) is 3.55. The Bertz CT molecular complexity index is 908. The molecule has 0 amide bonds. The molecule has 0 atom stereocenters. The fraction of sp³-hybridized carbons (Fsp3) is 0.125. The fourth-order valence-electron chi connectivity index (χ4n) is 2.41. The third kappa shape index (κ3) is 2.15. The van der Waals surface area contributed by atoms with Crippen LogP contribution < -0.4 is 5.32 Å². The lowest BCUT2D eigenvalue weighted by atomic mass is 10.2. The summed E-state index contributed by atoms with van der Waals surface area (Å²) in [5.74, 6) is 0.898. The monoisotopic (exact) mass is 294 g/mol. The summed E-state index contributed by atoms with van der Waals surface area (Å²) < 4.78 is 1.14. The highest BCUT2D eigenvalue weighted by molar-refractivity contribution is 7.26. The van der Waals surface area contributed by atoms with Crippen LogP contribution >= 0.6 is 11.3 Å². The Morgan fingerprint density at radius 2 is 2.00 bits per heavy atom. The molecule has 0 aliphatic rings. The minimum atomic E-state index is 0.765. The smallest absolute Gasteiger partial charge is 0.166 e. The first kappa shape index (κ1) is 12.3. The molecule has 4 nitrogen and oxygen atoms in total. The molecule has 3 heterocycles. The molecule has 0 saturated carbocycles. The van der Waals surface area contributed by atoms with Crippen molar-refractivity contribution in [3.8, 4) is 0 Å². The van der Waals surface area contributed by atoms with Crippen LogP contribution in [0.2, 0.25) is 0 Å². The Kier molecular flexibility index (Phi) is 2.86. The van der Waals surface area contributed by atoms with Crippen molar-refractivity contribution in [2.75, 3.05) is 5.32 Å². The van der Waals surface area contributed by atoms with Gasteiger partial charge in [-0.15, -0.1) is 11.3 Å². The number of benzene rings is 1. The minimum absolute atomic E-state index is 0.765. The molecule has 1 aromatic carbocycles. The number of aromatic amines is 1. The van der Waals surface area contributed by atoms with Gasteiger partial charge in [-0.25, -0.2) is 4.98 Å². The first-order valence-electron chi connectivity index (χ1n) is 6.83. The molecule has 0 unspecified atom stereocenters. The third-order valence-electron chi connectivity index (χ3n) is 3.49. The summed E-state index contributed by atoms with van der Waals surface area (Å²) in [6, 6.07) is 14.5. The van der Waals surface area contributed by atoms with E-state index in [1.54, 1.807) is 11.3 Å². The molecular weight excluding hydrogens is 280 g/mol. The summed E-state index contributed by atoms with van der Waals surface area (Å²) in [7, 11) is 0. The topological polar surface area (TPSA) is 53.6 Å². The standard InChI is InChI=1S/C16H14N4S/c1-10-7-8-12-13-14(21-16(12)18-10)15(20-19-13)17-9-11-5-3-2-4-6-11/h2-8H,9H2,1H3,(H2,17,19,20). The SMILES string of the molecule is Cc1ccc2c(n1)sc1c(NCc3ccccc3)n[nH]c12. The van der Waals surface area contributed by atoms with Crippen LogP contribution in [0.3, 0.4) is 0 Å². The van der Waals surface area contributed by atoms with E-state index in [0.29, 0.717) is 0 Å². The number of thiophene rings is 1. The van der Waals surface area contributed by atoms with Crippen LogP contribution in [-0.2, 0) is 6.54 Å². The molecule has 21 heavy (non-hydrogen) atoms. The number of pyridine rings is 1. The van der Waals surface area contributed by atoms with Gasteiger partial charge in [0.2, 0.25) is 0 Å². The maximum atomic E-state index is 4.59. The van der Waals surface area contributed by atoms with E-state index in [1.807, 2.05) is 31.2 Å². The van der Waals surface area contributed by atoms with Crippen LogP contribution in [0, 0.1) is 6.92 Å². The molecule has 3 aromatic heterocycles. The van der Waals surface area contributed by atoms with E-state index in [4.69, 9.17) is 0 Å². The quantitative estimate of drug-likeness (QED) is 0.598. The van der Waals surface area contributed by atoms with Gasteiger partial charge in [-0.1, -0.05) is 30.3 Å². The van der Waals surface area contributed by atoms with Gasteiger partial charge in [-0.05, 0) is 24.6 Å². The lowest BCUT2D eigenvalue weighted by molar-refractivity contribution is 1.06. The van der Waals surface area contributed by atoms with Gasteiger partial charge < -0.3 is 5.32 Å². The summed E-state index contributed by atoms with van der Waals surface area (Å²) in [4.78, 5) is 5.64. The first-order chi connectivity index (χ1) is 10.3. The molecule has 2 N–H and O–H groups in total. The van der Waals surface area contributed by atoms with Crippen LogP contribution in [0.1, 0.15) is 11.3 Å². The van der Waals surface area contributed by atoms with E-state index in [1.165, 1.54) is 5.56 Å². The van der Waals surface area contributed by atoms with Gasteiger partial charge in [-0.2, -0.15) is 5.10 Å². The van der Waals surface area contributed by atoms with Crippen molar-refractivity contribution in [2.45, 2.75) is 13.5 Å². The van der Waals surface area contributed by atoms with E-state index in [-0.39, 0.29) is 0 Å². The van der Waals surface area contributed by atoms with Gasteiger partial charge in [0, 0.05) is 17.6 Å². The van der Waals surface area contributed by atoms with Gasteiger partial charge in [0.1, 0.15) is 4.83 Å². The van der Waals surface area contributed by atoms with E-state index in [9.17, 15) is 0 Å². The number of hydrogen-bond acceptors (Lipinski definition) is 4. The molecule has 0 bridgehead atoms. The van der Waals surface area contributed by atoms with Crippen molar-refractivity contribution in [2.24, 2.45) is 0 Å². The summed E-state index contributed by atoms with van der Waals surface area (Å²) in [6.07, 6.45) is 0. The zero-order valence-corrected chi connectivity index (χ0v) is 12.4. The molecule has 5 heteroatoms. The van der Waals surface area contributed by atoms with Gasteiger partial charge >= 0.3 is 0 Å². The number of rotatable bonds is 3. The lowest BCUT2D eigenvalue weighted by Gasteiger charge is -2.02. The summed E-state index contributed by atoms with van der Waals surface area (Å²) in [5.41, 5.74) is 3.35. The Morgan fingerprint density at radius 1 is 1.14 bits per heavy atom. The van der Waals surface area contributed by atoms with Gasteiger partial charge in [0.05, 0.1) is 10.2 Å². The number of nitrogens with one attached hydrogen (secondary N) is 2. The second kappa shape index (κ2) is 4.86. The zero-order valence-electron chi connectivity index (χ0n) is 11.6. The number of nitrogens with zero attached hydrogens (tertiary/aromatic N) is 2. The highest BCUT2D eigenvalue weighted by Gasteiger charge is 2.13. The number of fused-ring (bicyclic) bond motifs is 3. The summed E-state index contributed by atoms with van der Waals surface area (Å²) >= 11 is 1.68. The highest BCUT2D eigenvalue weighted by atomic mass is 32.1. The molecule has 0 aliphatic carbocycles. The van der Waals surface area contributed by atoms with Crippen molar-refractivity contribution in [3.63, 3.8) is 0 Å². The molecular formula is C16H14N4S. The molecule has 0 saturated heterocycles. The number of hydrogen-bond donors (Lipinski definition) is 2. The maximum absolute atomic E-state index is 4.59. The summed E-state index contributed by atoms with van der Waals surface area (Å²) in [6.45, 7) is 2.78. The van der Waals surface area contributed by atoms with Crippen LogP contribution in [0.5, 0.6) is 0 Å². The van der Waals surface area contributed by atoms with Crippen molar-refractivity contribution in [1.82, 2.24) is 15.2 Å². The van der Waals surface area contributed by atoms with E-state index in [2.05, 4.69) is 38.7 Å². The van der Waals surface area contributed by atoms with Crippen LogP contribution in [0.25, 0.3) is 20.4 Å². The number of anilines is 1. The Labute approximate surface area is 125 Å². The molecule has 0 radical (unpaired) electrons. The predicted molar refractivity (Wildman–Crippen MR) is 87.8 cm³/mol. The highest BCUT2D eigenvalue weighted by Crippen LogP contribution is 2.35. The average Bonchev–Trinajstić information content (AvgIpc) is 3.04. The molecule has 0 spiro atoms. The minimum Gasteiger partial charge on any atom is -0.363 e. The number of aromatic nitrogens is 3. The third-order valence-corrected chi connectivity index (χ3v) is 4.60. The van der Waals surface area contributed by atoms with Gasteiger partial charge in [0.25, 0.3) is 0 Å². The van der Waals surface area contributed by atoms with Crippen LogP contribution in [-0.4, -0.2) is 15.2 Å². The van der Waals surface area contributed by atoms with E-state index in [0.717, 1.165) is 38.5 Å². The largest absolute Gasteiger partial charge is 0.363 e. The average molecular weight is 294 g/mol. The summed E-state index contributed by atoms with van der Waals surface area (Å²) in [5, 5.41) is 12.1. The maximum Gasteiger partial charge on any atom is 0.166 e. The van der Waals surface area contributed by atoms with Crippen molar-refractivity contribution >= 4 is 37.6 Å². The van der Waals surface area contributed by atoms with Crippen molar-refractivity contribution in [3.05, 3.63) is 53.7 Å². The second-order valence-corrected chi connectivity index (χ2v) is 6.02. The van der Waals surface area contributed by atoms with Gasteiger partial charge in [-0.3, -0.25) is 5.10 Å². The lowest BCUT2D eigenvalue weighted by Crippen LogP contribution is -1.99. The molecule has 0 fully saturated rings.